The van der Waals surface area contributed by atoms with Crippen LogP contribution in [0.2, 0.25) is 5.02 Å². The normalized spacial score (nSPS) is 10.8. The number of benzene rings is 2. The molecule has 4 heteroatoms. The van der Waals surface area contributed by atoms with E-state index < -0.39 is 0 Å². The van der Waals surface area contributed by atoms with Crippen LogP contribution < -0.4 is 0 Å². The summed E-state index contributed by atoms with van der Waals surface area (Å²) in [6, 6.07) is 14.1. The lowest BCUT2D eigenvalue weighted by Crippen LogP contribution is -1.95. The van der Waals surface area contributed by atoms with E-state index in [1.165, 1.54) is 11.1 Å². The molecule has 0 aliphatic heterocycles. The van der Waals surface area contributed by atoms with E-state index in [0.29, 0.717) is 4.77 Å². The third-order valence-electron chi connectivity index (χ3n) is 3.49. The number of aromatic nitrogens is 2. The third-order valence-corrected chi connectivity index (χ3v) is 4.04. The molecule has 0 aliphatic carbocycles. The van der Waals surface area contributed by atoms with Gasteiger partial charge < -0.3 is 4.98 Å². The summed E-state index contributed by atoms with van der Waals surface area (Å²) < 4.78 is 2.69. The van der Waals surface area contributed by atoms with Gasteiger partial charge in [-0.3, -0.25) is 4.57 Å². The summed E-state index contributed by atoms with van der Waals surface area (Å²) in [6.07, 6.45) is 2.03. The first-order chi connectivity index (χ1) is 10.0. The zero-order valence-electron chi connectivity index (χ0n) is 11.9. The molecule has 1 heterocycles. The number of hydrogen-bond donors (Lipinski definition) is 1. The van der Waals surface area contributed by atoms with Crippen LogP contribution in [0, 0.1) is 18.6 Å². The molecule has 3 rings (SSSR count). The van der Waals surface area contributed by atoms with Crippen molar-refractivity contribution < 1.29 is 0 Å². The molecule has 21 heavy (non-hydrogen) atoms. The summed E-state index contributed by atoms with van der Waals surface area (Å²) in [7, 11) is 0. The summed E-state index contributed by atoms with van der Waals surface area (Å²) in [5.41, 5.74) is 5.59. The number of imidazole rings is 1. The molecule has 0 saturated heterocycles. The van der Waals surface area contributed by atoms with Crippen LogP contribution in [-0.4, -0.2) is 9.55 Å². The molecule has 0 unspecified atom stereocenters. The van der Waals surface area contributed by atoms with Gasteiger partial charge in [-0.2, -0.15) is 0 Å². The lowest BCUT2D eigenvalue weighted by molar-refractivity contribution is 1.01. The monoisotopic (exact) mass is 314 g/mol. The number of hydrogen-bond acceptors (Lipinski definition) is 1. The SMILES string of the molecule is Cc1ccc(-n2cc(-c3ccc(Cl)cc3)[nH]c2=S)c(C)c1. The molecule has 2 aromatic carbocycles. The molecule has 0 amide bonds. The quantitative estimate of drug-likeness (QED) is 0.622. The van der Waals surface area contributed by atoms with E-state index in [-0.39, 0.29) is 0 Å². The van der Waals surface area contributed by atoms with Crippen molar-refractivity contribution in [3.63, 3.8) is 0 Å². The predicted molar refractivity (Wildman–Crippen MR) is 90.9 cm³/mol. The first kappa shape index (κ1) is 14.1. The van der Waals surface area contributed by atoms with Crippen molar-refractivity contribution in [1.82, 2.24) is 9.55 Å². The fourth-order valence-corrected chi connectivity index (χ4v) is 2.81. The van der Waals surface area contributed by atoms with E-state index in [1.807, 2.05) is 35.0 Å². The summed E-state index contributed by atoms with van der Waals surface area (Å²) >= 11 is 11.4. The summed E-state index contributed by atoms with van der Waals surface area (Å²) in [5.74, 6) is 0. The fraction of sp³-hybridized carbons (Fsp3) is 0.118. The molecule has 2 nitrogen and oxygen atoms in total. The number of halogens is 1. The Hall–Kier alpha value is -1.84. The summed E-state index contributed by atoms with van der Waals surface area (Å²) in [6.45, 7) is 4.19. The van der Waals surface area contributed by atoms with Crippen molar-refractivity contribution in [1.29, 1.82) is 0 Å². The Labute approximate surface area is 134 Å². The zero-order chi connectivity index (χ0) is 15.0. The van der Waals surface area contributed by atoms with E-state index in [4.69, 9.17) is 23.8 Å². The van der Waals surface area contributed by atoms with Crippen LogP contribution in [-0.2, 0) is 0 Å². The van der Waals surface area contributed by atoms with Gasteiger partial charge in [0.05, 0.1) is 11.4 Å². The van der Waals surface area contributed by atoms with E-state index in [9.17, 15) is 0 Å². The van der Waals surface area contributed by atoms with Gasteiger partial charge in [0.2, 0.25) is 0 Å². The second-order valence-electron chi connectivity index (χ2n) is 5.14. The van der Waals surface area contributed by atoms with E-state index in [1.54, 1.807) is 0 Å². The number of rotatable bonds is 2. The Morgan fingerprint density at radius 3 is 2.43 bits per heavy atom. The van der Waals surface area contributed by atoms with Crippen LogP contribution in [0.1, 0.15) is 11.1 Å². The second-order valence-corrected chi connectivity index (χ2v) is 5.96. The van der Waals surface area contributed by atoms with Crippen LogP contribution in [0.15, 0.2) is 48.7 Å². The highest BCUT2D eigenvalue weighted by atomic mass is 35.5. The second kappa shape index (κ2) is 5.51. The van der Waals surface area contributed by atoms with Crippen molar-refractivity contribution in [2.24, 2.45) is 0 Å². The van der Waals surface area contributed by atoms with Gasteiger partial charge in [-0.05, 0) is 55.4 Å². The molecule has 3 aromatic rings. The van der Waals surface area contributed by atoms with Gasteiger partial charge in [0.1, 0.15) is 0 Å². The average molecular weight is 315 g/mol. The van der Waals surface area contributed by atoms with Crippen LogP contribution >= 0.6 is 23.8 Å². The molecular weight excluding hydrogens is 300 g/mol. The van der Waals surface area contributed by atoms with Crippen molar-refractivity contribution in [3.8, 4) is 16.9 Å². The van der Waals surface area contributed by atoms with Crippen LogP contribution in [0.4, 0.5) is 0 Å². The maximum Gasteiger partial charge on any atom is 0.182 e. The van der Waals surface area contributed by atoms with Gasteiger partial charge in [0.25, 0.3) is 0 Å². The Morgan fingerprint density at radius 2 is 1.76 bits per heavy atom. The molecule has 1 aromatic heterocycles. The van der Waals surface area contributed by atoms with E-state index in [2.05, 4.69) is 37.0 Å². The van der Waals surface area contributed by atoms with E-state index >= 15 is 0 Å². The molecule has 106 valence electrons. The molecular formula is C17H15ClN2S. The van der Waals surface area contributed by atoms with Gasteiger partial charge in [-0.1, -0.05) is 41.4 Å². The van der Waals surface area contributed by atoms with Crippen molar-refractivity contribution in [3.05, 3.63) is 69.6 Å². The molecule has 0 saturated carbocycles. The summed E-state index contributed by atoms with van der Waals surface area (Å²) in [4.78, 5) is 3.26. The highest BCUT2D eigenvalue weighted by Crippen LogP contribution is 2.23. The maximum absolute atomic E-state index is 5.93. The number of nitrogens with zero attached hydrogens (tertiary/aromatic N) is 1. The van der Waals surface area contributed by atoms with Gasteiger partial charge in [-0.25, -0.2) is 0 Å². The molecule has 0 radical (unpaired) electrons. The highest BCUT2D eigenvalue weighted by molar-refractivity contribution is 7.71. The Kier molecular flexibility index (Phi) is 3.70. The minimum Gasteiger partial charge on any atom is -0.330 e. The van der Waals surface area contributed by atoms with Gasteiger partial charge in [-0.15, -0.1) is 0 Å². The smallest absolute Gasteiger partial charge is 0.182 e. The van der Waals surface area contributed by atoms with Crippen LogP contribution in [0.25, 0.3) is 16.9 Å². The lowest BCUT2D eigenvalue weighted by atomic mass is 10.1. The van der Waals surface area contributed by atoms with Gasteiger partial charge in [0, 0.05) is 11.2 Å². The predicted octanol–water partition coefficient (Wildman–Crippen LogP) is 5.47. The van der Waals surface area contributed by atoms with Crippen molar-refractivity contribution in [2.45, 2.75) is 13.8 Å². The number of aromatic amines is 1. The van der Waals surface area contributed by atoms with Crippen molar-refractivity contribution in [2.75, 3.05) is 0 Å². The minimum absolute atomic E-state index is 0.687. The highest BCUT2D eigenvalue weighted by Gasteiger charge is 2.07. The maximum atomic E-state index is 5.93. The van der Waals surface area contributed by atoms with Gasteiger partial charge in [0.15, 0.2) is 4.77 Å². The van der Waals surface area contributed by atoms with Crippen LogP contribution in [0.5, 0.6) is 0 Å². The third kappa shape index (κ3) is 2.80. The molecule has 1 N–H and O–H groups in total. The minimum atomic E-state index is 0.687. The Bertz CT molecular complexity index is 844. The number of H-pyrrole nitrogens is 1. The average Bonchev–Trinajstić information content (AvgIpc) is 2.81. The first-order valence-electron chi connectivity index (χ1n) is 6.70. The first-order valence-corrected chi connectivity index (χ1v) is 7.48. The Balaban J connectivity index is 2.09. The zero-order valence-corrected chi connectivity index (χ0v) is 13.4. The number of aryl methyl sites for hydroxylation is 2. The van der Waals surface area contributed by atoms with Gasteiger partial charge >= 0.3 is 0 Å². The Morgan fingerprint density at radius 1 is 1.05 bits per heavy atom. The van der Waals surface area contributed by atoms with Crippen molar-refractivity contribution >= 4 is 23.8 Å². The molecule has 0 spiro atoms. The fourth-order valence-electron chi connectivity index (χ4n) is 2.43. The molecule has 0 aliphatic rings. The number of nitrogens with one attached hydrogen (secondary N) is 1. The van der Waals surface area contributed by atoms with Crippen LogP contribution in [0.3, 0.4) is 0 Å². The largest absolute Gasteiger partial charge is 0.330 e. The van der Waals surface area contributed by atoms with E-state index in [0.717, 1.165) is 22.0 Å². The standard InChI is InChI=1S/C17H15ClN2S/c1-11-3-8-16(12(2)9-11)20-10-15(19-17(20)21)13-4-6-14(18)7-5-13/h3-10H,1-2H3,(H,19,21). The molecule has 0 bridgehead atoms. The summed E-state index contributed by atoms with van der Waals surface area (Å²) in [5, 5.41) is 0.728. The lowest BCUT2D eigenvalue weighted by Gasteiger charge is -2.07. The molecule has 0 atom stereocenters. The molecule has 0 fully saturated rings. The topological polar surface area (TPSA) is 20.7 Å².